The maximum atomic E-state index is 3.60. The summed E-state index contributed by atoms with van der Waals surface area (Å²) in [5.41, 5.74) is 1.37. The first-order chi connectivity index (χ1) is 8.33. The first kappa shape index (κ1) is 12.1. The zero-order valence-corrected chi connectivity index (χ0v) is 10.7. The van der Waals surface area contributed by atoms with Crippen LogP contribution in [0.5, 0.6) is 0 Å². The molecule has 1 nitrogen and oxygen atoms in total. The number of benzene rings is 2. The number of rotatable bonds is 5. The summed E-state index contributed by atoms with van der Waals surface area (Å²) in [5, 5.41) is 6.25. The Bertz CT molecular complexity index is 472. The molecule has 0 heterocycles. The molecule has 0 bridgehead atoms. The normalized spacial score (nSPS) is 11.2. The summed E-state index contributed by atoms with van der Waals surface area (Å²) in [4.78, 5) is 0. The highest BCUT2D eigenvalue weighted by Gasteiger charge is 2.02. The van der Waals surface area contributed by atoms with Gasteiger partial charge in [0, 0.05) is 12.6 Å². The van der Waals surface area contributed by atoms with E-state index in [-0.39, 0.29) is 0 Å². The van der Waals surface area contributed by atoms with Crippen molar-refractivity contribution in [3.8, 4) is 0 Å². The lowest BCUT2D eigenvalue weighted by Crippen LogP contribution is -2.26. The average molecular weight is 227 g/mol. The minimum absolute atomic E-state index is 0.640. The van der Waals surface area contributed by atoms with Gasteiger partial charge in [0.05, 0.1) is 0 Å². The second-order valence-corrected chi connectivity index (χ2v) is 4.58. The van der Waals surface area contributed by atoms with Gasteiger partial charge in [-0.05, 0) is 35.2 Å². The molecule has 2 rings (SSSR count). The predicted octanol–water partition coefficient (Wildman–Crippen LogP) is 4.12. The first-order valence-corrected chi connectivity index (χ1v) is 6.54. The molecule has 0 atom stereocenters. The summed E-state index contributed by atoms with van der Waals surface area (Å²) in [6.07, 6.45) is 2.40. The maximum Gasteiger partial charge on any atom is 0.0208 e. The second kappa shape index (κ2) is 5.83. The van der Waals surface area contributed by atoms with E-state index in [1.807, 2.05) is 0 Å². The lowest BCUT2D eigenvalue weighted by atomic mass is 10.1. The van der Waals surface area contributed by atoms with Gasteiger partial charge < -0.3 is 5.32 Å². The molecule has 1 heteroatoms. The molecule has 0 aliphatic heterocycles. The van der Waals surface area contributed by atoms with Crippen molar-refractivity contribution in [2.75, 3.05) is 0 Å². The van der Waals surface area contributed by atoms with Crippen molar-refractivity contribution in [1.82, 2.24) is 5.32 Å². The summed E-state index contributed by atoms with van der Waals surface area (Å²) in [6.45, 7) is 5.44. The van der Waals surface area contributed by atoms with E-state index in [9.17, 15) is 0 Å². The molecule has 0 unspecified atom stereocenters. The van der Waals surface area contributed by atoms with Crippen LogP contribution >= 0.6 is 0 Å². The zero-order valence-electron chi connectivity index (χ0n) is 10.7. The van der Waals surface area contributed by atoms with Crippen LogP contribution in [-0.4, -0.2) is 6.04 Å². The van der Waals surface area contributed by atoms with E-state index in [1.165, 1.54) is 29.2 Å². The molecule has 0 amide bonds. The molecule has 0 aliphatic rings. The highest BCUT2D eigenvalue weighted by molar-refractivity contribution is 5.82. The van der Waals surface area contributed by atoms with E-state index < -0.39 is 0 Å². The molecule has 0 fully saturated rings. The van der Waals surface area contributed by atoms with E-state index in [0.29, 0.717) is 6.04 Å². The molecule has 0 radical (unpaired) electrons. The Kier molecular flexibility index (Phi) is 4.16. The predicted molar refractivity (Wildman–Crippen MR) is 75.2 cm³/mol. The van der Waals surface area contributed by atoms with Crippen molar-refractivity contribution in [1.29, 1.82) is 0 Å². The highest BCUT2D eigenvalue weighted by Crippen LogP contribution is 2.15. The topological polar surface area (TPSA) is 12.0 Å². The van der Waals surface area contributed by atoms with Crippen molar-refractivity contribution >= 4 is 10.8 Å². The molecule has 0 aromatic heterocycles. The van der Waals surface area contributed by atoms with E-state index in [4.69, 9.17) is 0 Å². The third kappa shape index (κ3) is 3.07. The maximum absolute atomic E-state index is 3.60. The molecule has 0 aliphatic carbocycles. The van der Waals surface area contributed by atoms with Gasteiger partial charge in [-0.3, -0.25) is 0 Å². The van der Waals surface area contributed by atoms with Crippen LogP contribution in [0.15, 0.2) is 42.5 Å². The van der Waals surface area contributed by atoms with Gasteiger partial charge in [-0.1, -0.05) is 50.2 Å². The molecule has 2 aromatic rings. The molecule has 2 aromatic carbocycles. The molecular formula is C16H21N. The van der Waals surface area contributed by atoms with Crippen molar-refractivity contribution in [2.24, 2.45) is 0 Å². The summed E-state index contributed by atoms with van der Waals surface area (Å²) in [6, 6.07) is 15.9. The molecule has 90 valence electrons. The smallest absolute Gasteiger partial charge is 0.0208 e. The Balaban J connectivity index is 2.09. The molecule has 1 N–H and O–H groups in total. The highest BCUT2D eigenvalue weighted by atomic mass is 14.9. The van der Waals surface area contributed by atoms with Crippen LogP contribution in [0.1, 0.15) is 32.3 Å². The van der Waals surface area contributed by atoms with E-state index in [1.54, 1.807) is 0 Å². The quantitative estimate of drug-likeness (QED) is 0.810. The Morgan fingerprint density at radius 1 is 0.941 bits per heavy atom. The minimum Gasteiger partial charge on any atom is -0.310 e. The van der Waals surface area contributed by atoms with Crippen LogP contribution < -0.4 is 5.32 Å². The van der Waals surface area contributed by atoms with Gasteiger partial charge in [0.2, 0.25) is 0 Å². The Morgan fingerprint density at radius 3 is 2.35 bits per heavy atom. The van der Waals surface area contributed by atoms with Crippen LogP contribution in [0.3, 0.4) is 0 Å². The Hall–Kier alpha value is -1.34. The zero-order chi connectivity index (χ0) is 12.1. The minimum atomic E-state index is 0.640. The lowest BCUT2D eigenvalue weighted by Gasteiger charge is -2.14. The largest absolute Gasteiger partial charge is 0.310 e. The number of fused-ring (bicyclic) bond motifs is 1. The monoisotopic (exact) mass is 227 g/mol. The SMILES string of the molecule is CCC(CC)NCc1ccc2ccccc2c1. The number of hydrogen-bond acceptors (Lipinski definition) is 1. The molecule has 0 saturated heterocycles. The molecule has 0 spiro atoms. The van der Waals surface area contributed by atoms with Crippen molar-refractivity contribution in [3.63, 3.8) is 0 Å². The van der Waals surface area contributed by atoms with Crippen LogP contribution in [0.25, 0.3) is 10.8 Å². The molecule has 0 saturated carbocycles. The summed E-state index contributed by atoms with van der Waals surface area (Å²) in [5.74, 6) is 0. The first-order valence-electron chi connectivity index (χ1n) is 6.54. The third-order valence-corrected chi connectivity index (χ3v) is 3.39. The number of nitrogens with one attached hydrogen (secondary N) is 1. The third-order valence-electron chi connectivity index (χ3n) is 3.39. The van der Waals surface area contributed by atoms with Gasteiger partial charge >= 0.3 is 0 Å². The summed E-state index contributed by atoms with van der Waals surface area (Å²) in [7, 11) is 0. The van der Waals surface area contributed by atoms with Gasteiger partial charge in [-0.2, -0.15) is 0 Å². The fourth-order valence-electron chi connectivity index (χ4n) is 2.19. The molecular weight excluding hydrogens is 206 g/mol. The van der Waals surface area contributed by atoms with E-state index in [2.05, 4.69) is 61.6 Å². The van der Waals surface area contributed by atoms with E-state index >= 15 is 0 Å². The van der Waals surface area contributed by atoms with Crippen LogP contribution in [0, 0.1) is 0 Å². The van der Waals surface area contributed by atoms with Gasteiger partial charge in [-0.25, -0.2) is 0 Å². The van der Waals surface area contributed by atoms with Gasteiger partial charge in [0.15, 0.2) is 0 Å². The standard InChI is InChI=1S/C16H21N/c1-3-16(4-2)17-12-13-9-10-14-7-5-6-8-15(14)11-13/h5-11,16-17H,3-4,12H2,1-2H3. The van der Waals surface area contributed by atoms with Crippen LogP contribution in [0.4, 0.5) is 0 Å². The van der Waals surface area contributed by atoms with E-state index in [0.717, 1.165) is 6.54 Å². The second-order valence-electron chi connectivity index (χ2n) is 4.58. The fourth-order valence-corrected chi connectivity index (χ4v) is 2.19. The van der Waals surface area contributed by atoms with Crippen molar-refractivity contribution < 1.29 is 0 Å². The fraction of sp³-hybridized carbons (Fsp3) is 0.375. The average Bonchev–Trinajstić information content (AvgIpc) is 2.40. The molecule has 17 heavy (non-hydrogen) atoms. The van der Waals surface area contributed by atoms with Crippen molar-refractivity contribution in [3.05, 3.63) is 48.0 Å². The number of hydrogen-bond donors (Lipinski definition) is 1. The summed E-state index contributed by atoms with van der Waals surface area (Å²) < 4.78 is 0. The van der Waals surface area contributed by atoms with Crippen LogP contribution in [0.2, 0.25) is 0 Å². The van der Waals surface area contributed by atoms with Gasteiger partial charge in [0.1, 0.15) is 0 Å². The lowest BCUT2D eigenvalue weighted by molar-refractivity contribution is 0.484. The Labute approximate surface area is 104 Å². The Morgan fingerprint density at radius 2 is 1.65 bits per heavy atom. The van der Waals surface area contributed by atoms with Gasteiger partial charge in [0.25, 0.3) is 0 Å². The van der Waals surface area contributed by atoms with Gasteiger partial charge in [-0.15, -0.1) is 0 Å². The van der Waals surface area contributed by atoms with Crippen molar-refractivity contribution in [2.45, 2.75) is 39.3 Å². The summed E-state index contributed by atoms with van der Waals surface area (Å²) >= 11 is 0. The van der Waals surface area contributed by atoms with Crippen LogP contribution in [-0.2, 0) is 6.54 Å².